The lowest BCUT2D eigenvalue weighted by Crippen LogP contribution is -2.18. The molecule has 0 N–H and O–H groups in total. The van der Waals surface area contributed by atoms with Gasteiger partial charge in [-0.3, -0.25) is 9.58 Å². The molecule has 1 heterocycles. The van der Waals surface area contributed by atoms with Crippen molar-refractivity contribution < 1.29 is 9.53 Å². The van der Waals surface area contributed by atoms with Crippen molar-refractivity contribution in [3.8, 4) is 0 Å². The molecular formula is C12H19N3O2. The Morgan fingerprint density at radius 3 is 2.88 bits per heavy atom. The van der Waals surface area contributed by atoms with E-state index in [0.717, 1.165) is 12.1 Å². The minimum Gasteiger partial charge on any atom is -0.466 e. The second-order valence-corrected chi connectivity index (χ2v) is 4.10. The number of hydrogen-bond acceptors (Lipinski definition) is 4. The molecule has 0 saturated heterocycles. The fraction of sp³-hybridized carbons (Fsp3) is 0.500. The van der Waals surface area contributed by atoms with Gasteiger partial charge in [-0.15, -0.1) is 0 Å². The van der Waals surface area contributed by atoms with E-state index in [1.54, 1.807) is 11.6 Å². The lowest BCUT2D eigenvalue weighted by molar-refractivity contribution is -0.136. The summed E-state index contributed by atoms with van der Waals surface area (Å²) in [5, 5.41) is 4.11. The molecule has 0 atom stereocenters. The summed E-state index contributed by atoms with van der Waals surface area (Å²) in [5.41, 5.74) is 1.78. The zero-order valence-electron chi connectivity index (χ0n) is 10.8. The molecule has 5 heteroatoms. The van der Waals surface area contributed by atoms with E-state index in [2.05, 4.69) is 14.7 Å². The minimum absolute atomic E-state index is 0.278. The first-order valence-electron chi connectivity index (χ1n) is 5.44. The van der Waals surface area contributed by atoms with Gasteiger partial charge in [-0.05, 0) is 14.0 Å². The topological polar surface area (TPSA) is 47.4 Å². The van der Waals surface area contributed by atoms with E-state index >= 15 is 0 Å². The van der Waals surface area contributed by atoms with Crippen molar-refractivity contribution in [2.24, 2.45) is 7.05 Å². The number of carbonyl (C=O) groups is 1. The van der Waals surface area contributed by atoms with Crippen LogP contribution in [0.4, 0.5) is 0 Å². The van der Waals surface area contributed by atoms with Gasteiger partial charge >= 0.3 is 5.97 Å². The van der Waals surface area contributed by atoms with Gasteiger partial charge in [0.2, 0.25) is 0 Å². The molecule has 0 unspecified atom stereocenters. The number of rotatable bonds is 5. The minimum atomic E-state index is -0.278. The predicted octanol–water partition coefficient (Wildman–Crippen LogP) is 0.971. The number of hydrogen-bond donors (Lipinski definition) is 0. The lowest BCUT2D eigenvalue weighted by atomic mass is 10.2. The summed E-state index contributed by atoms with van der Waals surface area (Å²) in [5.74, 6) is -0.278. The molecule has 0 bridgehead atoms. The third-order valence-corrected chi connectivity index (χ3v) is 2.43. The summed E-state index contributed by atoms with van der Waals surface area (Å²) >= 11 is 0. The maximum Gasteiger partial charge on any atom is 0.333 e. The Morgan fingerprint density at radius 2 is 2.35 bits per heavy atom. The summed E-state index contributed by atoms with van der Waals surface area (Å²) in [4.78, 5) is 13.3. The molecule has 0 radical (unpaired) electrons. The summed E-state index contributed by atoms with van der Waals surface area (Å²) in [7, 11) is 5.28. The Hall–Kier alpha value is -1.62. The van der Waals surface area contributed by atoms with E-state index in [4.69, 9.17) is 0 Å². The first kappa shape index (κ1) is 13.4. The number of aryl methyl sites for hydroxylation is 1. The molecule has 0 spiro atoms. The zero-order chi connectivity index (χ0) is 12.8. The molecule has 17 heavy (non-hydrogen) atoms. The molecule has 0 aliphatic carbocycles. The van der Waals surface area contributed by atoms with Crippen LogP contribution in [0.25, 0.3) is 0 Å². The molecular weight excluding hydrogens is 218 g/mol. The lowest BCUT2D eigenvalue weighted by Gasteiger charge is -2.13. The maximum atomic E-state index is 11.2. The molecule has 1 aromatic heterocycles. The van der Waals surface area contributed by atoms with Crippen LogP contribution in [0.5, 0.6) is 0 Å². The Labute approximate surface area is 102 Å². The number of nitrogens with zero attached hydrogens (tertiary/aromatic N) is 3. The van der Waals surface area contributed by atoms with E-state index in [0.29, 0.717) is 12.1 Å². The second kappa shape index (κ2) is 6.20. The molecule has 0 fully saturated rings. The Balaban J connectivity index is 2.45. The van der Waals surface area contributed by atoms with Crippen LogP contribution in [0.15, 0.2) is 24.0 Å². The van der Waals surface area contributed by atoms with Gasteiger partial charge in [-0.25, -0.2) is 4.79 Å². The molecule has 0 aliphatic rings. The van der Waals surface area contributed by atoms with Gasteiger partial charge in [0.15, 0.2) is 0 Å². The average Bonchev–Trinajstić information content (AvgIpc) is 2.70. The van der Waals surface area contributed by atoms with Crippen LogP contribution in [-0.4, -0.2) is 41.4 Å². The van der Waals surface area contributed by atoms with Gasteiger partial charge in [0.1, 0.15) is 0 Å². The van der Waals surface area contributed by atoms with Crippen LogP contribution in [0.3, 0.4) is 0 Å². The summed E-state index contributed by atoms with van der Waals surface area (Å²) in [6.45, 7) is 3.26. The van der Waals surface area contributed by atoms with Crippen LogP contribution in [-0.2, 0) is 23.1 Å². The maximum absolute atomic E-state index is 11.2. The number of carbonyl (C=O) groups excluding carboxylic acids is 1. The molecule has 0 aliphatic heterocycles. The van der Waals surface area contributed by atoms with Gasteiger partial charge in [0.05, 0.1) is 13.3 Å². The van der Waals surface area contributed by atoms with Crippen molar-refractivity contribution in [3.63, 3.8) is 0 Å². The van der Waals surface area contributed by atoms with E-state index in [1.165, 1.54) is 7.11 Å². The largest absolute Gasteiger partial charge is 0.466 e. The highest BCUT2D eigenvalue weighted by atomic mass is 16.5. The molecule has 5 nitrogen and oxygen atoms in total. The fourth-order valence-corrected chi connectivity index (χ4v) is 1.47. The Morgan fingerprint density at radius 1 is 1.65 bits per heavy atom. The first-order chi connectivity index (χ1) is 8.02. The molecule has 1 aromatic rings. The number of aromatic nitrogens is 2. The van der Waals surface area contributed by atoms with E-state index in [9.17, 15) is 4.79 Å². The monoisotopic (exact) mass is 237 g/mol. The van der Waals surface area contributed by atoms with Crippen LogP contribution in [0, 0.1) is 0 Å². The zero-order valence-corrected chi connectivity index (χ0v) is 10.8. The third kappa shape index (κ3) is 4.40. The van der Waals surface area contributed by atoms with Crippen LogP contribution in [0.1, 0.15) is 12.5 Å². The highest BCUT2D eigenvalue weighted by Crippen LogP contribution is 2.02. The average molecular weight is 237 g/mol. The quantitative estimate of drug-likeness (QED) is 0.565. The third-order valence-electron chi connectivity index (χ3n) is 2.43. The van der Waals surface area contributed by atoms with Crippen molar-refractivity contribution in [2.45, 2.75) is 13.5 Å². The standard InChI is InChI=1S/C12H19N3O2/c1-10(12(16)17-4)5-6-14(2)8-11-7-13-15(3)9-11/h5,7,9H,6,8H2,1-4H3. The number of esters is 1. The number of ether oxygens (including phenoxy) is 1. The highest BCUT2D eigenvalue weighted by molar-refractivity contribution is 5.87. The fourth-order valence-electron chi connectivity index (χ4n) is 1.47. The summed E-state index contributed by atoms with van der Waals surface area (Å²) in [6.07, 6.45) is 5.68. The molecule has 0 aromatic carbocycles. The SMILES string of the molecule is COC(=O)C(C)=CCN(C)Cc1cnn(C)c1. The van der Waals surface area contributed by atoms with Crippen molar-refractivity contribution in [1.82, 2.24) is 14.7 Å². The van der Waals surface area contributed by atoms with Gasteiger partial charge in [0.25, 0.3) is 0 Å². The number of methoxy groups -OCH3 is 1. The van der Waals surface area contributed by atoms with Gasteiger partial charge < -0.3 is 4.74 Å². The van der Waals surface area contributed by atoms with Gasteiger partial charge in [-0.2, -0.15) is 5.10 Å². The van der Waals surface area contributed by atoms with Crippen molar-refractivity contribution >= 4 is 5.97 Å². The Bertz CT molecular complexity index is 410. The smallest absolute Gasteiger partial charge is 0.333 e. The number of likely N-dealkylation sites (N-methyl/N-ethyl adjacent to an activating group) is 1. The van der Waals surface area contributed by atoms with Crippen LogP contribution in [0.2, 0.25) is 0 Å². The first-order valence-corrected chi connectivity index (χ1v) is 5.44. The molecule has 94 valence electrons. The van der Waals surface area contributed by atoms with E-state index in [-0.39, 0.29) is 5.97 Å². The summed E-state index contributed by atoms with van der Waals surface area (Å²) < 4.78 is 6.40. The van der Waals surface area contributed by atoms with Crippen molar-refractivity contribution in [3.05, 3.63) is 29.6 Å². The van der Waals surface area contributed by atoms with Crippen LogP contribution < -0.4 is 0 Å². The highest BCUT2D eigenvalue weighted by Gasteiger charge is 2.04. The molecule has 0 saturated carbocycles. The van der Waals surface area contributed by atoms with Gasteiger partial charge in [-0.1, -0.05) is 6.08 Å². The van der Waals surface area contributed by atoms with E-state index in [1.807, 2.05) is 32.6 Å². The second-order valence-electron chi connectivity index (χ2n) is 4.10. The van der Waals surface area contributed by atoms with Crippen molar-refractivity contribution in [1.29, 1.82) is 0 Å². The van der Waals surface area contributed by atoms with E-state index < -0.39 is 0 Å². The molecule has 0 amide bonds. The Kier molecular flexibility index (Phi) is 4.90. The van der Waals surface area contributed by atoms with Crippen molar-refractivity contribution in [2.75, 3.05) is 20.7 Å². The summed E-state index contributed by atoms with van der Waals surface area (Å²) in [6, 6.07) is 0. The molecule has 1 rings (SSSR count). The normalized spacial score (nSPS) is 11.9. The van der Waals surface area contributed by atoms with Crippen LogP contribution >= 0.6 is 0 Å². The predicted molar refractivity (Wildman–Crippen MR) is 65.3 cm³/mol. The van der Waals surface area contributed by atoms with Gasteiger partial charge in [0, 0.05) is 37.5 Å².